The van der Waals surface area contributed by atoms with Crippen LogP contribution in [-0.4, -0.2) is 17.0 Å². The summed E-state index contributed by atoms with van der Waals surface area (Å²) < 4.78 is 0. The Morgan fingerprint density at radius 1 is 1.20 bits per heavy atom. The van der Waals surface area contributed by atoms with Crippen LogP contribution in [0.15, 0.2) is 42.5 Å². The van der Waals surface area contributed by atoms with E-state index in [0.717, 1.165) is 5.56 Å². The van der Waals surface area contributed by atoms with E-state index in [4.69, 9.17) is 0 Å². The van der Waals surface area contributed by atoms with Gasteiger partial charge in [0.25, 0.3) is 0 Å². The van der Waals surface area contributed by atoms with Crippen molar-refractivity contribution < 1.29 is 4.92 Å². The molecular weight excluding hydrogens is 256 g/mol. The van der Waals surface area contributed by atoms with Crippen molar-refractivity contribution in [2.75, 3.05) is 17.7 Å². The van der Waals surface area contributed by atoms with Crippen molar-refractivity contribution in [3.63, 3.8) is 0 Å². The molecule has 2 aromatic rings. The Morgan fingerprint density at radius 2 is 1.90 bits per heavy atom. The second-order valence-corrected chi connectivity index (χ2v) is 4.35. The van der Waals surface area contributed by atoms with Gasteiger partial charge in [-0.25, -0.2) is 4.98 Å². The van der Waals surface area contributed by atoms with E-state index in [0.29, 0.717) is 5.82 Å². The summed E-state index contributed by atoms with van der Waals surface area (Å²) in [5, 5.41) is 17.0. The third-order valence-electron chi connectivity index (χ3n) is 2.98. The van der Waals surface area contributed by atoms with Gasteiger partial charge in [0.15, 0.2) is 0 Å². The van der Waals surface area contributed by atoms with E-state index >= 15 is 0 Å². The molecule has 1 heterocycles. The molecule has 0 aliphatic rings. The predicted octanol–water partition coefficient (Wildman–Crippen LogP) is 3.20. The summed E-state index contributed by atoms with van der Waals surface area (Å²) in [5.74, 6) is 0.844. The lowest BCUT2D eigenvalue weighted by molar-refractivity contribution is -0.384. The van der Waals surface area contributed by atoms with E-state index in [1.54, 1.807) is 13.1 Å². The van der Waals surface area contributed by atoms with Gasteiger partial charge in [0.1, 0.15) is 5.82 Å². The Balaban J connectivity index is 2.29. The van der Waals surface area contributed by atoms with Gasteiger partial charge >= 0.3 is 5.69 Å². The molecule has 1 aromatic carbocycles. The van der Waals surface area contributed by atoms with Crippen LogP contribution in [0.2, 0.25) is 0 Å². The second-order valence-electron chi connectivity index (χ2n) is 4.35. The smallest absolute Gasteiger partial charge is 0.311 e. The zero-order valence-corrected chi connectivity index (χ0v) is 11.3. The summed E-state index contributed by atoms with van der Waals surface area (Å²) in [5.41, 5.74) is 1.00. The molecular formula is C14H16N4O2. The lowest BCUT2D eigenvalue weighted by atomic mass is 10.1. The largest absolute Gasteiger partial charge is 0.373 e. The van der Waals surface area contributed by atoms with Gasteiger partial charge in [-0.2, -0.15) is 0 Å². The number of hydrogen-bond acceptors (Lipinski definition) is 5. The second kappa shape index (κ2) is 6.01. The number of aromatic nitrogens is 1. The fourth-order valence-electron chi connectivity index (χ4n) is 1.87. The fourth-order valence-corrected chi connectivity index (χ4v) is 1.87. The van der Waals surface area contributed by atoms with Crippen LogP contribution < -0.4 is 10.6 Å². The molecule has 104 valence electrons. The molecule has 6 heteroatoms. The van der Waals surface area contributed by atoms with Crippen LogP contribution in [0.4, 0.5) is 17.3 Å². The molecule has 6 nitrogen and oxygen atoms in total. The van der Waals surface area contributed by atoms with Gasteiger partial charge < -0.3 is 10.6 Å². The standard InChI is InChI=1S/C14H16N4O2/c1-10(11-6-4-3-5-7-11)16-14-12(18(19)20)8-9-13(15-2)17-14/h3-10H,1-2H3,(H2,15,16,17). The number of nitro groups is 1. The van der Waals surface area contributed by atoms with Crippen LogP contribution in [0, 0.1) is 10.1 Å². The minimum absolute atomic E-state index is 0.0354. The molecule has 0 saturated carbocycles. The number of nitrogens with one attached hydrogen (secondary N) is 2. The third-order valence-corrected chi connectivity index (χ3v) is 2.98. The molecule has 2 rings (SSSR count). The highest BCUT2D eigenvalue weighted by Crippen LogP contribution is 2.27. The van der Waals surface area contributed by atoms with Crippen molar-refractivity contribution in [2.45, 2.75) is 13.0 Å². The highest BCUT2D eigenvalue weighted by atomic mass is 16.6. The molecule has 1 unspecified atom stereocenters. The van der Waals surface area contributed by atoms with Crippen molar-refractivity contribution in [3.05, 3.63) is 58.1 Å². The molecule has 0 bridgehead atoms. The first-order valence-electron chi connectivity index (χ1n) is 6.26. The molecule has 0 aliphatic carbocycles. The van der Waals surface area contributed by atoms with Gasteiger partial charge in [0.05, 0.1) is 11.0 Å². The topological polar surface area (TPSA) is 80.1 Å². The molecule has 0 radical (unpaired) electrons. The number of benzene rings is 1. The van der Waals surface area contributed by atoms with Crippen LogP contribution in [0.25, 0.3) is 0 Å². The average Bonchev–Trinajstić information content (AvgIpc) is 2.47. The summed E-state index contributed by atoms with van der Waals surface area (Å²) in [6.07, 6.45) is 0. The first kappa shape index (κ1) is 13.8. The molecule has 20 heavy (non-hydrogen) atoms. The normalized spacial score (nSPS) is 11.7. The van der Waals surface area contributed by atoms with Crippen molar-refractivity contribution in [1.29, 1.82) is 0 Å². The molecule has 0 amide bonds. The molecule has 0 spiro atoms. The van der Waals surface area contributed by atoms with Crippen molar-refractivity contribution in [1.82, 2.24) is 4.98 Å². The first-order valence-corrected chi connectivity index (χ1v) is 6.26. The van der Waals surface area contributed by atoms with Gasteiger partial charge in [-0.3, -0.25) is 10.1 Å². The van der Waals surface area contributed by atoms with Crippen LogP contribution in [0.3, 0.4) is 0 Å². The third kappa shape index (κ3) is 3.03. The van der Waals surface area contributed by atoms with Gasteiger partial charge in [-0.1, -0.05) is 30.3 Å². The molecule has 0 fully saturated rings. The lowest BCUT2D eigenvalue weighted by Gasteiger charge is -2.15. The zero-order valence-electron chi connectivity index (χ0n) is 11.3. The first-order chi connectivity index (χ1) is 9.61. The Morgan fingerprint density at radius 3 is 2.50 bits per heavy atom. The van der Waals surface area contributed by atoms with Crippen molar-refractivity contribution in [2.24, 2.45) is 0 Å². The van der Waals surface area contributed by atoms with E-state index in [9.17, 15) is 10.1 Å². The maximum absolute atomic E-state index is 11.0. The number of anilines is 2. The van der Waals surface area contributed by atoms with Gasteiger partial charge in [-0.15, -0.1) is 0 Å². The molecule has 2 N–H and O–H groups in total. The van der Waals surface area contributed by atoms with Crippen molar-refractivity contribution >= 4 is 17.3 Å². The maximum Gasteiger partial charge on any atom is 0.311 e. The molecule has 1 aromatic heterocycles. The molecule has 0 aliphatic heterocycles. The van der Waals surface area contributed by atoms with E-state index in [1.807, 2.05) is 37.3 Å². The molecule has 0 saturated heterocycles. The molecule has 1 atom stereocenters. The monoisotopic (exact) mass is 272 g/mol. The SMILES string of the molecule is CNc1ccc([N+](=O)[O-])c(NC(C)c2ccccc2)n1. The van der Waals surface area contributed by atoms with Gasteiger partial charge in [-0.05, 0) is 18.6 Å². The number of pyridine rings is 1. The summed E-state index contributed by atoms with van der Waals surface area (Å²) in [4.78, 5) is 14.8. The number of hydrogen-bond donors (Lipinski definition) is 2. The number of rotatable bonds is 5. The fraction of sp³-hybridized carbons (Fsp3) is 0.214. The van der Waals surface area contributed by atoms with Gasteiger partial charge in [0, 0.05) is 13.1 Å². The van der Waals surface area contributed by atoms with E-state index in [-0.39, 0.29) is 17.5 Å². The number of nitrogens with zero attached hydrogens (tertiary/aromatic N) is 2. The summed E-state index contributed by atoms with van der Waals surface area (Å²) in [6, 6.07) is 12.7. The highest BCUT2D eigenvalue weighted by Gasteiger charge is 2.18. The lowest BCUT2D eigenvalue weighted by Crippen LogP contribution is -2.10. The Kier molecular flexibility index (Phi) is 4.14. The minimum Gasteiger partial charge on any atom is -0.373 e. The van der Waals surface area contributed by atoms with Crippen LogP contribution in [-0.2, 0) is 0 Å². The summed E-state index contributed by atoms with van der Waals surface area (Å²) >= 11 is 0. The van der Waals surface area contributed by atoms with Gasteiger partial charge in [0.2, 0.25) is 5.82 Å². The zero-order chi connectivity index (χ0) is 14.5. The van der Waals surface area contributed by atoms with Crippen LogP contribution >= 0.6 is 0 Å². The van der Waals surface area contributed by atoms with E-state index < -0.39 is 4.92 Å². The van der Waals surface area contributed by atoms with Crippen molar-refractivity contribution in [3.8, 4) is 0 Å². The van der Waals surface area contributed by atoms with Crippen LogP contribution in [0.1, 0.15) is 18.5 Å². The van der Waals surface area contributed by atoms with E-state index in [2.05, 4.69) is 15.6 Å². The maximum atomic E-state index is 11.0. The Hall–Kier alpha value is -2.63. The Bertz CT molecular complexity index is 601. The van der Waals surface area contributed by atoms with E-state index in [1.165, 1.54) is 6.07 Å². The summed E-state index contributed by atoms with van der Waals surface area (Å²) in [7, 11) is 1.72. The average molecular weight is 272 g/mol. The Labute approximate surface area is 117 Å². The quantitative estimate of drug-likeness (QED) is 0.645. The van der Waals surface area contributed by atoms with Crippen LogP contribution in [0.5, 0.6) is 0 Å². The minimum atomic E-state index is -0.438. The predicted molar refractivity (Wildman–Crippen MR) is 78.9 cm³/mol. The highest BCUT2D eigenvalue weighted by molar-refractivity contribution is 5.60. The summed E-state index contributed by atoms with van der Waals surface area (Å²) in [6.45, 7) is 1.94.